The summed E-state index contributed by atoms with van der Waals surface area (Å²) in [4.78, 5) is 23.5. The molecule has 0 atom stereocenters. The molecule has 1 amide bonds. The Hall–Kier alpha value is -2.76. The van der Waals surface area contributed by atoms with Gasteiger partial charge in [0.15, 0.2) is 12.4 Å². The highest BCUT2D eigenvalue weighted by atomic mass is 16.5. The van der Waals surface area contributed by atoms with Gasteiger partial charge in [-0.25, -0.2) is 0 Å². The van der Waals surface area contributed by atoms with Crippen LogP contribution in [-0.4, -0.2) is 28.7 Å². The molecule has 23 heavy (non-hydrogen) atoms. The Morgan fingerprint density at radius 3 is 2.70 bits per heavy atom. The van der Waals surface area contributed by atoms with E-state index in [2.05, 4.69) is 5.32 Å². The predicted molar refractivity (Wildman–Crippen MR) is 86.7 cm³/mol. The maximum Gasteiger partial charge on any atom is 0.257 e. The highest BCUT2D eigenvalue weighted by Crippen LogP contribution is 2.09. The van der Waals surface area contributed by atoms with E-state index in [0.717, 1.165) is 11.3 Å². The minimum Gasteiger partial charge on any atom is -0.508 e. The molecule has 6 heteroatoms. The predicted octanol–water partition coefficient (Wildman–Crippen LogP) is 1.14. The maximum absolute atomic E-state index is 11.7. The summed E-state index contributed by atoms with van der Waals surface area (Å²) in [5.74, 6) is 0.0871. The minimum atomic E-state index is -0.286. The topological polar surface area (TPSA) is 80.6 Å². The standard InChI is InChI=1S/C17H20N2O4/c1-12-9-15(21)16(10-19(12)2)23-11-17(22)18-8-7-13-3-5-14(20)6-4-13/h3-6,9-10,20H,7-8,11H2,1-2H3,(H,18,22). The number of benzene rings is 1. The van der Waals surface area contributed by atoms with Crippen LogP contribution >= 0.6 is 0 Å². The van der Waals surface area contributed by atoms with Crippen molar-refractivity contribution in [3.63, 3.8) is 0 Å². The molecule has 1 aromatic carbocycles. The number of nitrogens with one attached hydrogen (secondary N) is 1. The summed E-state index contributed by atoms with van der Waals surface area (Å²) < 4.78 is 7.04. The molecule has 0 aliphatic heterocycles. The number of phenolic OH excluding ortho intramolecular Hbond substituents is 1. The highest BCUT2D eigenvalue weighted by molar-refractivity contribution is 5.77. The first-order valence-corrected chi connectivity index (χ1v) is 7.30. The van der Waals surface area contributed by atoms with Crippen LogP contribution < -0.4 is 15.5 Å². The molecule has 2 aromatic rings. The van der Waals surface area contributed by atoms with E-state index >= 15 is 0 Å². The van der Waals surface area contributed by atoms with E-state index in [9.17, 15) is 14.7 Å². The van der Waals surface area contributed by atoms with Gasteiger partial charge in [0.2, 0.25) is 5.43 Å². The number of ether oxygens (including phenoxy) is 1. The van der Waals surface area contributed by atoms with Crippen LogP contribution in [0.5, 0.6) is 11.5 Å². The minimum absolute atomic E-state index is 0.159. The van der Waals surface area contributed by atoms with Gasteiger partial charge in [0.1, 0.15) is 5.75 Å². The zero-order valence-electron chi connectivity index (χ0n) is 13.2. The van der Waals surface area contributed by atoms with Gasteiger partial charge < -0.3 is 19.7 Å². The molecule has 2 N–H and O–H groups in total. The van der Waals surface area contributed by atoms with Gasteiger partial charge in [0, 0.05) is 31.5 Å². The van der Waals surface area contributed by atoms with Crippen molar-refractivity contribution in [3.8, 4) is 11.5 Å². The molecule has 0 aliphatic carbocycles. The zero-order chi connectivity index (χ0) is 16.8. The summed E-state index contributed by atoms with van der Waals surface area (Å²) in [6.45, 7) is 2.08. The molecule has 0 radical (unpaired) electrons. The number of aromatic nitrogens is 1. The van der Waals surface area contributed by atoms with E-state index in [4.69, 9.17) is 4.74 Å². The lowest BCUT2D eigenvalue weighted by Gasteiger charge is -2.09. The third-order valence-electron chi connectivity index (χ3n) is 3.48. The van der Waals surface area contributed by atoms with Gasteiger partial charge in [-0.15, -0.1) is 0 Å². The third-order valence-corrected chi connectivity index (χ3v) is 3.48. The fraction of sp³-hybridized carbons (Fsp3) is 0.294. The van der Waals surface area contributed by atoms with E-state index < -0.39 is 0 Å². The molecule has 0 aliphatic rings. The number of rotatable bonds is 6. The number of nitrogens with zero attached hydrogens (tertiary/aromatic N) is 1. The van der Waals surface area contributed by atoms with Crippen LogP contribution in [0, 0.1) is 6.92 Å². The molecule has 0 fully saturated rings. The molecule has 0 bridgehead atoms. The summed E-state index contributed by atoms with van der Waals surface area (Å²) in [6, 6.07) is 8.28. The van der Waals surface area contributed by atoms with E-state index in [0.29, 0.717) is 13.0 Å². The van der Waals surface area contributed by atoms with Crippen LogP contribution in [0.15, 0.2) is 41.3 Å². The number of pyridine rings is 1. The van der Waals surface area contributed by atoms with Crippen LogP contribution in [0.1, 0.15) is 11.3 Å². The van der Waals surface area contributed by atoms with Crippen molar-refractivity contribution in [1.82, 2.24) is 9.88 Å². The number of hydrogen-bond donors (Lipinski definition) is 2. The lowest BCUT2D eigenvalue weighted by molar-refractivity contribution is -0.123. The van der Waals surface area contributed by atoms with Crippen LogP contribution in [0.25, 0.3) is 0 Å². The zero-order valence-corrected chi connectivity index (χ0v) is 13.2. The van der Waals surface area contributed by atoms with E-state index in [-0.39, 0.29) is 29.4 Å². The third kappa shape index (κ3) is 4.88. The number of hydrogen-bond acceptors (Lipinski definition) is 4. The summed E-state index contributed by atoms with van der Waals surface area (Å²) in [5.41, 5.74) is 1.59. The Labute approximate surface area is 134 Å². The van der Waals surface area contributed by atoms with Gasteiger partial charge in [0.25, 0.3) is 5.91 Å². The lowest BCUT2D eigenvalue weighted by Crippen LogP contribution is -2.31. The largest absolute Gasteiger partial charge is 0.508 e. The Morgan fingerprint density at radius 2 is 2.00 bits per heavy atom. The second-order valence-electron chi connectivity index (χ2n) is 5.31. The Balaban J connectivity index is 1.78. The van der Waals surface area contributed by atoms with Crippen LogP contribution in [0.3, 0.4) is 0 Å². The molecule has 1 aromatic heterocycles. The number of carbonyl (C=O) groups excluding carboxylic acids is 1. The molecule has 0 unspecified atom stereocenters. The molecule has 122 valence electrons. The quantitative estimate of drug-likeness (QED) is 0.837. The van der Waals surface area contributed by atoms with Crippen molar-refractivity contribution in [2.24, 2.45) is 7.05 Å². The molecule has 6 nitrogen and oxygen atoms in total. The lowest BCUT2D eigenvalue weighted by atomic mass is 10.1. The molecule has 2 rings (SSSR count). The average Bonchev–Trinajstić information content (AvgIpc) is 2.51. The van der Waals surface area contributed by atoms with E-state index in [1.807, 2.05) is 6.92 Å². The van der Waals surface area contributed by atoms with Crippen molar-refractivity contribution in [2.75, 3.05) is 13.2 Å². The summed E-state index contributed by atoms with van der Waals surface area (Å²) in [7, 11) is 1.80. The summed E-state index contributed by atoms with van der Waals surface area (Å²) in [6.07, 6.45) is 2.22. The first kappa shape index (κ1) is 16.6. The number of phenols is 1. The Morgan fingerprint density at radius 1 is 1.30 bits per heavy atom. The molecular weight excluding hydrogens is 296 g/mol. The van der Waals surface area contributed by atoms with Gasteiger partial charge >= 0.3 is 0 Å². The SMILES string of the molecule is Cc1cc(=O)c(OCC(=O)NCCc2ccc(O)cc2)cn1C. The van der Waals surface area contributed by atoms with Gasteiger partial charge in [-0.1, -0.05) is 12.1 Å². The van der Waals surface area contributed by atoms with Crippen molar-refractivity contribution in [3.05, 3.63) is 58.0 Å². The van der Waals surface area contributed by atoms with Gasteiger partial charge in [0.05, 0.1) is 0 Å². The van der Waals surface area contributed by atoms with Crippen molar-refractivity contribution < 1.29 is 14.6 Å². The Bertz CT molecular complexity index is 735. The van der Waals surface area contributed by atoms with Crippen molar-refractivity contribution in [1.29, 1.82) is 0 Å². The first-order chi connectivity index (χ1) is 11.0. The van der Waals surface area contributed by atoms with E-state index in [1.165, 1.54) is 6.07 Å². The first-order valence-electron chi connectivity index (χ1n) is 7.30. The van der Waals surface area contributed by atoms with Gasteiger partial charge in [-0.2, -0.15) is 0 Å². The van der Waals surface area contributed by atoms with Crippen molar-refractivity contribution in [2.45, 2.75) is 13.3 Å². The highest BCUT2D eigenvalue weighted by Gasteiger charge is 2.07. The van der Waals surface area contributed by atoms with Crippen LogP contribution in [0.4, 0.5) is 0 Å². The van der Waals surface area contributed by atoms with Gasteiger partial charge in [-0.3, -0.25) is 9.59 Å². The molecule has 0 saturated carbocycles. The Kier molecular flexibility index (Phi) is 5.41. The molecule has 0 saturated heterocycles. The molecule has 0 spiro atoms. The van der Waals surface area contributed by atoms with Crippen molar-refractivity contribution >= 4 is 5.91 Å². The normalized spacial score (nSPS) is 10.3. The van der Waals surface area contributed by atoms with Gasteiger partial charge in [-0.05, 0) is 31.0 Å². The second-order valence-corrected chi connectivity index (χ2v) is 5.31. The van der Waals surface area contributed by atoms with E-state index in [1.54, 1.807) is 42.1 Å². The fourth-order valence-corrected chi connectivity index (χ4v) is 2.02. The monoisotopic (exact) mass is 316 g/mol. The second kappa shape index (κ2) is 7.49. The molecule has 1 heterocycles. The summed E-state index contributed by atoms with van der Waals surface area (Å²) in [5, 5.41) is 11.9. The number of amides is 1. The number of aryl methyl sites for hydroxylation is 2. The van der Waals surface area contributed by atoms with Crippen LogP contribution in [0.2, 0.25) is 0 Å². The van der Waals surface area contributed by atoms with Crippen LogP contribution in [-0.2, 0) is 18.3 Å². The fourth-order valence-electron chi connectivity index (χ4n) is 2.02. The smallest absolute Gasteiger partial charge is 0.257 e. The summed E-state index contributed by atoms with van der Waals surface area (Å²) >= 11 is 0. The maximum atomic E-state index is 11.7. The average molecular weight is 316 g/mol. The molecular formula is C17H20N2O4. The number of aromatic hydroxyl groups is 1. The number of carbonyl (C=O) groups is 1.